The van der Waals surface area contributed by atoms with Crippen LogP contribution in [0.4, 0.5) is 4.79 Å². The maximum atomic E-state index is 11.7. The summed E-state index contributed by atoms with van der Waals surface area (Å²) >= 11 is 7.35. The molecule has 0 saturated heterocycles. The molecule has 1 aliphatic rings. The third-order valence-electron chi connectivity index (χ3n) is 2.61. The molecule has 0 unspecified atom stereocenters. The van der Waals surface area contributed by atoms with Gasteiger partial charge in [0.2, 0.25) is 0 Å². The van der Waals surface area contributed by atoms with Crippen LogP contribution in [-0.2, 0) is 6.54 Å². The van der Waals surface area contributed by atoms with Crippen LogP contribution in [0.15, 0.2) is 12.1 Å². The second-order valence-electron chi connectivity index (χ2n) is 4.19. The van der Waals surface area contributed by atoms with Gasteiger partial charge in [-0.15, -0.1) is 11.3 Å². The summed E-state index contributed by atoms with van der Waals surface area (Å²) < 4.78 is 0.766. The number of hydrogen-bond donors (Lipinski definition) is 1. The summed E-state index contributed by atoms with van der Waals surface area (Å²) in [5, 5.41) is 2.93. The summed E-state index contributed by atoms with van der Waals surface area (Å²) in [5.41, 5.74) is 0. The first-order valence-corrected chi connectivity index (χ1v) is 6.58. The second kappa shape index (κ2) is 5.06. The van der Waals surface area contributed by atoms with Crippen molar-refractivity contribution < 1.29 is 4.79 Å². The van der Waals surface area contributed by atoms with Crippen LogP contribution in [-0.4, -0.2) is 24.5 Å². The molecule has 1 heterocycles. The molecule has 1 aromatic rings. The molecule has 1 aliphatic carbocycles. The third-order valence-corrected chi connectivity index (χ3v) is 3.82. The van der Waals surface area contributed by atoms with Gasteiger partial charge in [-0.2, -0.15) is 0 Å². The Bertz CT molecular complexity index is 376. The zero-order valence-electron chi connectivity index (χ0n) is 9.20. The molecule has 5 heteroatoms. The van der Waals surface area contributed by atoms with E-state index in [1.54, 1.807) is 11.9 Å². The lowest BCUT2D eigenvalue weighted by atomic mass is 10.4. The fourth-order valence-corrected chi connectivity index (χ4v) is 2.57. The first-order chi connectivity index (χ1) is 7.65. The minimum absolute atomic E-state index is 0.00331. The largest absolute Gasteiger partial charge is 0.338 e. The van der Waals surface area contributed by atoms with Gasteiger partial charge in [0.1, 0.15) is 0 Å². The summed E-state index contributed by atoms with van der Waals surface area (Å²) in [7, 11) is 1.80. The van der Waals surface area contributed by atoms with E-state index in [1.165, 1.54) is 24.2 Å². The number of carbonyl (C=O) groups is 1. The summed E-state index contributed by atoms with van der Waals surface area (Å²) in [6.07, 6.45) is 2.51. The van der Waals surface area contributed by atoms with Crippen molar-refractivity contribution >= 4 is 29.0 Å². The smallest absolute Gasteiger partial charge is 0.317 e. The maximum absolute atomic E-state index is 11.7. The van der Waals surface area contributed by atoms with Crippen LogP contribution in [0.1, 0.15) is 17.7 Å². The van der Waals surface area contributed by atoms with E-state index in [9.17, 15) is 4.79 Å². The van der Waals surface area contributed by atoms with E-state index in [0.717, 1.165) is 15.8 Å². The first kappa shape index (κ1) is 11.7. The van der Waals surface area contributed by atoms with Crippen LogP contribution in [0.2, 0.25) is 4.34 Å². The lowest BCUT2D eigenvalue weighted by Gasteiger charge is -2.16. The number of carbonyl (C=O) groups excluding carboxylic acids is 1. The molecule has 0 atom stereocenters. The third kappa shape index (κ3) is 3.39. The van der Waals surface area contributed by atoms with Crippen molar-refractivity contribution in [3.05, 3.63) is 21.3 Å². The summed E-state index contributed by atoms with van der Waals surface area (Å²) in [6, 6.07) is 3.81. The van der Waals surface area contributed by atoms with Gasteiger partial charge in [0, 0.05) is 18.5 Å². The highest BCUT2D eigenvalue weighted by molar-refractivity contribution is 7.16. The topological polar surface area (TPSA) is 32.3 Å². The van der Waals surface area contributed by atoms with Crippen molar-refractivity contribution in [2.24, 2.45) is 5.92 Å². The van der Waals surface area contributed by atoms with Crippen molar-refractivity contribution in [2.75, 3.05) is 13.6 Å². The van der Waals surface area contributed by atoms with Crippen molar-refractivity contribution in [2.45, 2.75) is 19.4 Å². The highest BCUT2D eigenvalue weighted by Crippen LogP contribution is 2.27. The Labute approximate surface area is 104 Å². The molecule has 88 valence electrons. The molecular weight excluding hydrogens is 244 g/mol. The number of nitrogens with zero attached hydrogens (tertiary/aromatic N) is 1. The molecule has 3 nitrogen and oxygen atoms in total. The Kier molecular flexibility index (Phi) is 3.71. The number of halogens is 1. The van der Waals surface area contributed by atoms with Gasteiger partial charge in [0.25, 0.3) is 0 Å². The van der Waals surface area contributed by atoms with Crippen LogP contribution in [0.25, 0.3) is 0 Å². The van der Waals surface area contributed by atoms with Crippen LogP contribution in [0, 0.1) is 5.92 Å². The van der Waals surface area contributed by atoms with E-state index in [1.807, 2.05) is 12.1 Å². The molecule has 1 fully saturated rings. The Balaban J connectivity index is 1.77. The van der Waals surface area contributed by atoms with Gasteiger partial charge in [-0.25, -0.2) is 4.79 Å². The predicted molar refractivity (Wildman–Crippen MR) is 66.9 cm³/mol. The quantitative estimate of drug-likeness (QED) is 0.885. The molecule has 0 spiro atoms. The van der Waals surface area contributed by atoms with Gasteiger partial charge < -0.3 is 10.2 Å². The highest BCUT2D eigenvalue weighted by Gasteiger charge is 2.22. The average Bonchev–Trinajstić information content (AvgIpc) is 2.99. The molecular formula is C11H15ClN2OS. The van der Waals surface area contributed by atoms with Gasteiger partial charge >= 0.3 is 6.03 Å². The number of rotatable bonds is 4. The minimum Gasteiger partial charge on any atom is -0.338 e. The van der Waals surface area contributed by atoms with Crippen molar-refractivity contribution in [3.63, 3.8) is 0 Å². The average molecular weight is 259 g/mol. The monoisotopic (exact) mass is 258 g/mol. The SMILES string of the molecule is CN(Cc1ccc(Cl)s1)C(=O)NCC1CC1. The summed E-state index contributed by atoms with van der Waals surface area (Å²) in [5.74, 6) is 0.716. The number of nitrogens with one attached hydrogen (secondary N) is 1. The van der Waals surface area contributed by atoms with Crippen molar-refractivity contribution in [1.29, 1.82) is 0 Å². The predicted octanol–water partition coefficient (Wildman–Crippen LogP) is 2.95. The molecule has 0 radical (unpaired) electrons. The molecule has 0 aliphatic heterocycles. The molecule has 2 amide bonds. The Morgan fingerprint density at radius 2 is 2.38 bits per heavy atom. The molecule has 1 saturated carbocycles. The number of amides is 2. The van der Waals surface area contributed by atoms with Gasteiger partial charge in [-0.05, 0) is 30.9 Å². The molecule has 0 bridgehead atoms. The normalized spacial score (nSPS) is 14.9. The maximum Gasteiger partial charge on any atom is 0.317 e. The number of thiophene rings is 1. The van der Waals surface area contributed by atoms with Crippen LogP contribution >= 0.6 is 22.9 Å². The van der Waals surface area contributed by atoms with Crippen LogP contribution in [0.5, 0.6) is 0 Å². The lowest BCUT2D eigenvalue weighted by molar-refractivity contribution is 0.207. The van der Waals surface area contributed by atoms with E-state index in [-0.39, 0.29) is 6.03 Å². The molecule has 1 N–H and O–H groups in total. The zero-order valence-corrected chi connectivity index (χ0v) is 10.8. The van der Waals surface area contributed by atoms with Crippen molar-refractivity contribution in [3.8, 4) is 0 Å². The van der Waals surface area contributed by atoms with E-state index < -0.39 is 0 Å². The molecule has 16 heavy (non-hydrogen) atoms. The van der Waals surface area contributed by atoms with Gasteiger partial charge in [-0.1, -0.05) is 11.6 Å². The van der Waals surface area contributed by atoms with E-state index in [4.69, 9.17) is 11.6 Å². The van der Waals surface area contributed by atoms with Crippen molar-refractivity contribution in [1.82, 2.24) is 10.2 Å². The highest BCUT2D eigenvalue weighted by atomic mass is 35.5. The fourth-order valence-electron chi connectivity index (χ4n) is 1.43. The van der Waals surface area contributed by atoms with E-state index in [0.29, 0.717) is 12.5 Å². The van der Waals surface area contributed by atoms with Gasteiger partial charge in [0.05, 0.1) is 10.9 Å². The number of urea groups is 1. The van der Waals surface area contributed by atoms with Gasteiger partial charge in [0.15, 0.2) is 0 Å². The zero-order chi connectivity index (χ0) is 11.5. The standard InChI is InChI=1S/C11H15ClN2OS/c1-14(7-9-4-5-10(12)16-9)11(15)13-6-8-2-3-8/h4-5,8H,2-3,6-7H2,1H3,(H,13,15). The van der Waals surface area contributed by atoms with Crippen LogP contribution < -0.4 is 5.32 Å². The molecule has 2 rings (SSSR count). The van der Waals surface area contributed by atoms with E-state index in [2.05, 4.69) is 5.32 Å². The summed E-state index contributed by atoms with van der Waals surface area (Å²) in [6.45, 7) is 1.43. The fraction of sp³-hybridized carbons (Fsp3) is 0.545. The molecule has 0 aromatic carbocycles. The number of hydrogen-bond acceptors (Lipinski definition) is 2. The Morgan fingerprint density at radius 3 is 2.94 bits per heavy atom. The first-order valence-electron chi connectivity index (χ1n) is 5.38. The Hall–Kier alpha value is -0.740. The molecule has 1 aromatic heterocycles. The summed E-state index contributed by atoms with van der Waals surface area (Å²) in [4.78, 5) is 14.5. The lowest BCUT2D eigenvalue weighted by Crippen LogP contribution is -2.37. The Morgan fingerprint density at radius 1 is 1.62 bits per heavy atom. The van der Waals surface area contributed by atoms with Crippen LogP contribution in [0.3, 0.4) is 0 Å². The second-order valence-corrected chi connectivity index (χ2v) is 5.99. The van der Waals surface area contributed by atoms with Gasteiger partial charge in [-0.3, -0.25) is 0 Å². The minimum atomic E-state index is -0.00331. The van der Waals surface area contributed by atoms with E-state index >= 15 is 0 Å².